The number of aromatic nitrogens is 1. The minimum Gasteiger partial charge on any atom is -0.329 e. The van der Waals surface area contributed by atoms with Gasteiger partial charge in [-0.1, -0.05) is 18.2 Å². The van der Waals surface area contributed by atoms with Gasteiger partial charge in [-0.25, -0.2) is 0 Å². The maximum Gasteiger partial charge on any atom is 0.0702 e. The molecule has 90 valence electrons. The first-order chi connectivity index (χ1) is 8.20. The topological polar surface area (TPSA) is 50.9 Å². The Balaban J connectivity index is 2.23. The molecule has 2 unspecified atom stereocenters. The van der Waals surface area contributed by atoms with Crippen LogP contribution in [0.25, 0.3) is 10.9 Å². The molecule has 3 heteroatoms. The molecule has 0 fully saturated rings. The van der Waals surface area contributed by atoms with Crippen LogP contribution in [0.1, 0.15) is 25.5 Å². The predicted octanol–water partition coefficient (Wildman–Crippen LogP) is 2.23. The fraction of sp³-hybridized carbons (Fsp3) is 0.357. The lowest BCUT2D eigenvalue weighted by Crippen LogP contribution is -2.35. The number of para-hydroxylation sites is 1. The van der Waals surface area contributed by atoms with Gasteiger partial charge in [-0.3, -0.25) is 4.98 Å². The average molecular weight is 229 g/mol. The third-order valence-electron chi connectivity index (χ3n) is 3.00. The van der Waals surface area contributed by atoms with Crippen LogP contribution in [0.2, 0.25) is 0 Å². The van der Waals surface area contributed by atoms with Crippen molar-refractivity contribution in [3.05, 3.63) is 42.1 Å². The summed E-state index contributed by atoms with van der Waals surface area (Å²) < 4.78 is 0. The number of nitrogens with zero attached hydrogens (tertiary/aromatic N) is 1. The van der Waals surface area contributed by atoms with E-state index in [1.165, 1.54) is 10.9 Å². The second-order valence-corrected chi connectivity index (χ2v) is 4.49. The molecule has 2 rings (SSSR count). The molecule has 0 aliphatic heterocycles. The van der Waals surface area contributed by atoms with Gasteiger partial charge in [-0.05, 0) is 31.5 Å². The number of rotatable bonds is 4. The molecule has 1 heterocycles. The molecule has 2 aromatic rings. The Hall–Kier alpha value is -1.45. The summed E-state index contributed by atoms with van der Waals surface area (Å²) in [5.74, 6) is 0. The van der Waals surface area contributed by atoms with E-state index in [-0.39, 0.29) is 6.04 Å². The van der Waals surface area contributed by atoms with Crippen LogP contribution in [-0.4, -0.2) is 17.6 Å². The minimum atomic E-state index is 0.269. The molecule has 3 nitrogen and oxygen atoms in total. The van der Waals surface area contributed by atoms with Crippen LogP contribution < -0.4 is 11.1 Å². The standard InChI is InChI=1S/C14H19N3/c1-10(8-15)17-11(2)13-7-12-5-3-4-6-14(12)16-9-13/h3-7,9-11,17H,8,15H2,1-2H3. The largest absolute Gasteiger partial charge is 0.329 e. The second kappa shape index (κ2) is 5.25. The van der Waals surface area contributed by atoms with E-state index in [9.17, 15) is 0 Å². The molecule has 1 aromatic carbocycles. The molecule has 0 bridgehead atoms. The van der Waals surface area contributed by atoms with Crippen LogP contribution in [0.4, 0.5) is 0 Å². The number of nitrogens with one attached hydrogen (secondary N) is 1. The summed E-state index contributed by atoms with van der Waals surface area (Å²) in [5.41, 5.74) is 7.85. The predicted molar refractivity (Wildman–Crippen MR) is 71.8 cm³/mol. The van der Waals surface area contributed by atoms with Gasteiger partial charge in [0.2, 0.25) is 0 Å². The van der Waals surface area contributed by atoms with E-state index < -0.39 is 0 Å². The van der Waals surface area contributed by atoms with Crippen molar-refractivity contribution in [1.29, 1.82) is 0 Å². The van der Waals surface area contributed by atoms with Gasteiger partial charge in [0.25, 0.3) is 0 Å². The monoisotopic (exact) mass is 229 g/mol. The van der Waals surface area contributed by atoms with Crippen molar-refractivity contribution in [3.63, 3.8) is 0 Å². The van der Waals surface area contributed by atoms with Crippen molar-refractivity contribution < 1.29 is 0 Å². The molecule has 0 radical (unpaired) electrons. The van der Waals surface area contributed by atoms with Crippen molar-refractivity contribution in [2.45, 2.75) is 25.9 Å². The molecule has 17 heavy (non-hydrogen) atoms. The fourth-order valence-corrected chi connectivity index (χ4v) is 1.92. The van der Waals surface area contributed by atoms with Gasteiger partial charge in [0.05, 0.1) is 5.52 Å². The summed E-state index contributed by atoms with van der Waals surface area (Å²) in [6, 6.07) is 10.9. The number of hydrogen-bond donors (Lipinski definition) is 2. The van der Waals surface area contributed by atoms with E-state index in [1.807, 2.05) is 24.4 Å². The van der Waals surface area contributed by atoms with Gasteiger partial charge in [0.15, 0.2) is 0 Å². The quantitative estimate of drug-likeness (QED) is 0.845. The lowest BCUT2D eigenvalue weighted by molar-refractivity contribution is 0.485. The summed E-state index contributed by atoms with van der Waals surface area (Å²) >= 11 is 0. The van der Waals surface area contributed by atoms with Crippen LogP contribution in [-0.2, 0) is 0 Å². The van der Waals surface area contributed by atoms with Crippen LogP contribution >= 0.6 is 0 Å². The van der Waals surface area contributed by atoms with Crippen LogP contribution in [0.15, 0.2) is 36.5 Å². The Kier molecular flexibility index (Phi) is 3.71. The van der Waals surface area contributed by atoms with E-state index in [0.29, 0.717) is 12.6 Å². The number of nitrogens with two attached hydrogens (primary N) is 1. The number of hydrogen-bond acceptors (Lipinski definition) is 3. The molecule has 0 amide bonds. The first kappa shape index (κ1) is 12.0. The lowest BCUT2D eigenvalue weighted by Gasteiger charge is -2.19. The third-order valence-corrected chi connectivity index (χ3v) is 3.00. The molecule has 0 saturated heterocycles. The van der Waals surface area contributed by atoms with Crippen LogP contribution in [0, 0.1) is 0 Å². The molecule has 2 atom stereocenters. The van der Waals surface area contributed by atoms with Gasteiger partial charge >= 0.3 is 0 Å². The maximum atomic E-state index is 5.61. The molecule has 0 saturated carbocycles. The van der Waals surface area contributed by atoms with Crippen molar-refractivity contribution in [1.82, 2.24) is 10.3 Å². The minimum absolute atomic E-state index is 0.269. The van der Waals surface area contributed by atoms with Gasteiger partial charge in [-0.2, -0.15) is 0 Å². The maximum absolute atomic E-state index is 5.61. The number of fused-ring (bicyclic) bond motifs is 1. The van der Waals surface area contributed by atoms with E-state index in [0.717, 1.165) is 5.52 Å². The SMILES string of the molecule is CC(CN)NC(C)c1cnc2ccccc2c1. The van der Waals surface area contributed by atoms with E-state index in [2.05, 4.69) is 36.3 Å². The summed E-state index contributed by atoms with van der Waals surface area (Å²) in [6.45, 7) is 4.87. The second-order valence-electron chi connectivity index (χ2n) is 4.49. The zero-order chi connectivity index (χ0) is 12.3. The highest BCUT2D eigenvalue weighted by molar-refractivity contribution is 5.78. The highest BCUT2D eigenvalue weighted by atomic mass is 15.0. The van der Waals surface area contributed by atoms with Gasteiger partial charge in [0, 0.05) is 30.2 Å². The van der Waals surface area contributed by atoms with Gasteiger partial charge < -0.3 is 11.1 Å². The molecule has 0 aliphatic rings. The first-order valence-corrected chi connectivity index (χ1v) is 6.01. The Morgan fingerprint density at radius 1 is 1.29 bits per heavy atom. The van der Waals surface area contributed by atoms with Crippen LogP contribution in [0.3, 0.4) is 0 Å². The Morgan fingerprint density at radius 2 is 2.06 bits per heavy atom. The van der Waals surface area contributed by atoms with Crippen molar-refractivity contribution in [2.75, 3.05) is 6.54 Å². The molecule has 0 spiro atoms. The smallest absolute Gasteiger partial charge is 0.0702 e. The molecule has 0 aliphatic carbocycles. The first-order valence-electron chi connectivity index (χ1n) is 6.01. The molecular weight excluding hydrogens is 210 g/mol. The Labute approximate surface area is 102 Å². The van der Waals surface area contributed by atoms with Crippen molar-refractivity contribution in [2.24, 2.45) is 5.73 Å². The molecule has 1 aromatic heterocycles. The highest BCUT2D eigenvalue weighted by Crippen LogP contribution is 2.18. The number of benzene rings is 1. The average Bonchev–Trinajstić information content (AvgIpc) is 2.38. The summed E-state index contributed by atoms with van der Waals surface area (Å²) in [4.78, 5) is 4.46. The van der Waals surface area contributed by atoms with Crippen LogP contribution in [0.5, 0.6) is 0 Å². The lowest BCUT2D eigenvalue weighted by atomic mass is 10.1. The fourth-order valence-electron chi connectivity index (χ4n) is 1.92. The summed E-state index contributed by atoms with van der Waals surface area (Å²) in [6.07, 6.45) is 1.93. The zero-order valence-electron chi connectivity index (χ0n) is 10.4. The molecule has 3 N–H and O–H groups in total. The Morgan fingerprint density at radius 3 is 2.82 bits per heavy atom. The van der Waals surface area contributed by atoms with E-state index >= 15 is 0 Å². The van der Waals surface area contributed by atoms with Crippen molar-refractivity contribution in [3.8, 4) is 0 Å². The van der Waals surface area contributed by atoms with Gasteiger partial charge in [-0.15, -0.1) is 0 Å². The zero-order valence-corrected chi connectivity index (χ0v) is 10.4. The third kappa shape index (κ3) is 2.81. The van der Waals surface area contributed by atoms with Crippen molar-refractivity contribution >= 4 is 10.9 Å². The normalized spacial score (nSPS) is 14.8. The summed E-state index contributed by atoms with van der Waals surface area (Å²) in [5, 5.41) is 4.63. The van der Waals surface area contributed by atoms with E-state index in [4.69, 9.17) is 5.73 Å². The molecular formula is C14H19N3. The summed E-state index contributed by atoms with van der Waals surface area (Å²) in [7, 11) is 0. The Bertz CT molecular complexity index is 496. The van der Waals surface area contributed by atoms with Gasteiger partial charge in [0.1, 0.15) is 0 Å². The van der Waals surface area contributed by atoms with E-state index in [1.54, 1.807) is 0 Å². The highest BCUT2D eigenvalue weighted by Gasteiger charge is 2.09. The number of pyridine rings is 1.